The summed E-state index contributed by atoms with van der Waals surface area (Å²) in [6.45, 7) is 4.95. The van der Waals surface area contributed by atoms with Crippen molar-refractivity contribution in [2.24, 2.45) is 0 Å². The maximum absolute atomic E-state index is 9.46. The highest BCUT2D eigenvalue weighted by Crippen LogP contribution is 2.21. The van der Waals surface area contributed by atoms with Gasteiger partial charge in [-0.2, -0.15) is 0 Å². The zero-order valence-electron chi connectivity index (χ0n) is 12.6. The molecule has 2 fully saturated rings. The summed E-state index contributed by atoms with van der Waals surface area (Å²) in [7, 11) is 0. The highest BCUT2D eigenvalue weighted by atomic mass is 16.5. The van der Waals surface area contributed by atoms with Gasteiger partial charge in [-0.3, -0.25) is 4.90 Å². The minimum absolute atomic E-state index is 0.278. The van der Waals surface area contributed by atoms with Gasteiger partial charge in [0, 0.05) is 31.8 Å². The molecule has 1 aromatic carbocycles. The average molecular weight is 290 g/mol. The molecule has 0 bridgehead atoms. The zero-order chi connectivity index (χ0) is 14.5. The summed E-state index contributed by atoms with van der Waals surface area (Å²) < 4.78 is 5.41. The summed E-state index contributed by atoms with van der Waals surface area (Å²) in [6, 6.07) is 9.49. The molecular weight excluding hydrogens is 264 g/mol. The third-order valence-electron chi connectivity index (χ3n) is 4.71. The van der Waals surface area contributed by atoms with E-state index in [9.17, 15) is 5.11 Å². The number of nitrogens with one attached hydrogen (secondary N) is 1. The van der Waals surface area contributed by atoms with Crippen LogP contribution in [0.5, 0.6) is 0 Å². The number of ether oxygens (including phenoxy) is 1. The first-order chi connectivity index (χ1) is 10.4. The molecule has 3 rings (SSSR count). The van der Waals surface area contributed by atoms with Crippen molar-refractivity contribution in [2.75, 3.05) is 26.4 Å². The van der Waals surface area contributed by atoms with E-state index in [1.54, 1.807) is 0 Å². The quantitative estimate of drug-likeness (QED) is 0.834. The van der Waals surface area contributed by atoms with Gasteiger partial charge in [-0.05, 0) is 36.9 Å². The highest BCUT2D eigenvalue weighted by molar-refractivity contribution is 5.27. The van der Waals surface area contributed by atoms with Crippen LogP contribution in [0.25, 0.3) is 0 Å². The highest BCUT2D eigenvalue weighted by Gasteiger charge is 2.24. The molecule has 2 aliphatic rings. The van der Waals surface area contributed by atoms with Crippen molar-refractivity contribution in [3.8, 4) is 0 Å². The first kappa shape index (κ1) is 15.0. The van der Waals surface area contributed by atoms with E-state index in [1.807, 2.05) is 0 Å². The van der Waals surface area contributed by atoms with E-state index in [0.29, 0.717) is 12.1 Å². The Hall–Kier alpha value is -0.940. The molecule has 0 unspecified atom stereocenters. The van der Waals surface area contributed by atoms with E-state index < -0.39 is 0 Å². The van der Waals surface area contributed by atoms with Gasteiger partial charge in [0.1, 0.15) is 0 Å². The molecule has 0 amide bonds. The van der Waals surface area contributed by atoms with Crippen molar-refractivity contribution < 1.29 is 9.84 Å². The first-order valence-electron chi connectivity index (χ1n) is 8.09. The summed E-state index contributed by atoms with van der Waals surface area (Å²) in [5.74, 6) is 0. The van der Waals surface area contributed by atoms with E-state index in [0.717, 1.165) is 45.7 Å². The van der Waals surface area contributed by atoms with Crippen LogP contribution in [0.15, 0.2) is 24.3 Å². The molecule has 4 heteroatoms. The van der Waals surface area contributed by atoms with Crippen LogP contribution in [0, 0.1) is 0 Å². The zero-order valence-corrected chi connectivity index (χ0v) is 12.6. The molecular formula is C17H26N2O2. The van der Waals surface area contributed by atoms with Crippen LogP contribution in [0.1, 0.15) is 30.4 Å². The second kappa shape index (κ2) is 7.36. The molecule has 2 N–H and O–H groups in total. The van der Waals surface area contributed by atoms with Gasteiger partial charge in [-0.1, -0.05) is 24.3 Å². The van der Waals surface area contributed by atoms with E-state index in [2.05, 4.69) is 34.5 Å². The van der Waals surface area contributed by atoms with Crippen LogP contribution in [0.4, 0.5) is 0 Å². The summed E-state index contributed by atoms with van der Waals surface area (Å²) in [4.78, 5) is 2.41. The molecule has 21 heavy (non-hydrogen) atoms. The molecule has 0 spiro atoms. The predicted molar refractivity (Wildman–Crippen MR) is 83.0 cm³/mol. The molecule has 0 radical (unpaired) electrons. The molecule has 2 aliphatic heterocycles. The van der Waals surface area contributed by atoms with Crippen LogP contribution in [-0.4, -0.2) is 48.5 Å². The number of benzene rings is 1. The molecule has 2 heterocycles. The van der Waals surface area contributed by atoms with Crippen LogP contribution < -0.4 is 5.32 Å². The van der Waals surface area contributed by atoms with Gasteiger partial charge in [0.2, 0.25) is 0 Å². The van der Waals surface area contributed by atoms with Gasteiger partial charge >= 0.3 is 0 Å². The number of aliphatic hydroxyl groups excluding tert-OH is 1. The molecule has 2 atom stereocenters. The fraction of sp³-hybridized carbons (Fsp3) is 0.647. The molecule has 4 nitrogen and oxygen atoms in total. The lowest BCUT2D eigenvalue weighted by Crippen LogP contribution is -2.33. The summed E-state index contributed by atoms with van der Waals surface area (Å²) in [5, 5.41) is 13.1. The normalized spacial score (nSPS) is 26.5. The maximum atomic E-state index is 9.46. The summed E-state index contributed by atoms with van der Waals surface area (Å²) >= 11 is 0. The smallest absolute Gasteiger partial charge is 0.0620 e. The largest absolute Gasteiger partial charge is 0.395 e. The number of likely N-dealkylation sites (tertiary alicyclic amines) is 1. The molecule has 116 valence electrons. The van der Waals surface area contributed by atoms with Crippen LogP contribution in [-0.2, 0) is 17.8 Å². The molecule has 1 aromatic rings. The van der Waals surface area contributed by atoms with Gasteiger partial charge in [0.25, 0.3) is 0 Å². The Labute approximate surface area is 127 Å². The fourth-order valence-electron chi connectivity index (χ4n) is 3.36. The Morgan fingerprint density at radius 3 is 2.86 bits per heavy atom. The Morgan fingerprint density at radius 1 is 1.24 bits per heavy atom. The Balaban J connectivity index is 1.61. The number of hydrogen-bond donors (Lipinski definition) is 2. The van der Waals surface area contributed by atoms with E-state index in [-0.39, 0.29) is 6.61 Å². The van der Waals surface area contributed by atoms with Crippen molar-refractivity contribution in [3.63, 3.8) is 0 Å². The van der Waals surface area contributed by atoms with Gasteiger partial charge in [0.05, 0.1) is 13.2 Å². The number of nitrogens with zero attached hydrogens (tertiary/aromatic N) is 1. The van der Waals surface area contributed by atoms with E-state index in [4.69, 9.17) is 4.74 Å². The lowest BCUT2D eigenvalue weighted by molar-refractivity contribution is 0.153. The Bertz CT molecular complexity index is 446. The monoisotopic (exact) mass is 290 g/mol. The molecule has 0 aliphatic carbocycles. The third kappa shape index (κ3) is 3.83. The van der Waals surface area contributed by atoms with Gasteiger partial charge < -0.3 is 15.2 Å². The van der Waals surface area contributed by atoms with E-state index >= 15 is 0 Å². The second-order valence-corrected chi connectivity index (χ2v) is 6.16. The standard InChI is InChI=1S/C17H26N2O2/c20-12-17-6-3-8-19(17)11-15-5-2-1-4-14(15)10-18-16-7-9-21-13-16/h1-2,4-5,16-18,20H,3,6-13H2/t16-,17-/m0/s1. The van der Waals surface area contributed by atoms with Crippen molar-refractivity contribution in [1.29, 1.82) is 0 Å². The predicted octanol–water partition coefficient (Wildman–Crippen LogP) is 1.52. The number of aliphatic hydroxyl groups is 1. The topological polar surface area (TPSA) is 44.7 Å². The fourth-order valence-corrected chi connectivity index (χ4v) is 3.36. The second-order valence-electron chi connectivity index (χ2n) is 6.16. The lowest BCUT2D eigenvalue weighted by Gasteiger charge is -2.24. The maximum Gasteiger partial charge on any atom is 0.0620 e. The first-order valence-corrected chi connectivity index (χ1v) is 8.09. The Morgan fingerprint density at radius 2 is 2.10 bits per heavy atom. The number of hydrogen-bond acceptors (Lipinski definition) is 4. The SMILES string of the molecule is OC[C@@H]1CCCN1Cc1ccccc1CN[C@H]1CCOC1. The van der Waals surface area contributed by atoms with Gasteiger partial charge in [0.15, 0.2) is 0 Å². The molecule has 2 saturated heterocycles. The van der Waals surface area contributed by atoms with Crippen molar-refractivity contribution in [3.05, 3.63) is 35.4 Å². The number of rotatable bonds is 6. The van der Waals surface area contributed by atoms with Crippen molar-refractivity contribution >= 4 is 0 Å². The van der Waals surface area contributed by atoms with Crippen molar-refractivity contribution in [1.82, 2.24) is 10.2 Å². The van der Waals surface area contributed by atoms with Crippen LogP contribution in [0.3, 0.4) is 0 Å². The van der Waals surface area contributed by atoms with Crippen molar-refractivity contribution in [2.45, 2.75) is 44.4 Å². The lowest BCUT2D eigenvalue weighted by atomic mass is 10.1. The van der Waals surface area contributed by atoms with Gasteiger partial charge in [-0.15, -0.1) is 0 Å². The summed E-state index contributed by atoms with van der Waals surface area (Å²) in [5.41, 5.74) is 2.75. The minimum atomic E-state index is 0.278. The average Bonchev–Trinajstić information content (AvgIpc) is 3.17. The van der Waals surface area contributed by atoms with Gasteiger partial charge in [-0.25, -0.2) is 0 Å². The van der Waals surface area contributed by atoms with E-state index in [1.165, 1.54) is 17.5 Å². The van der Waals surface area contributed by atoms with Crippen LogP contribution in [0.2, 0.25) is 0 Å². The third-order valence-corrected chi connectivity index (χ3v) is 4.71. The minimum Gasteiger partial charge on any atom is -0.395 e. The molecule has 0 saturated carbocycles. The van der Waals surface area contributed by atoms with Crippen LogP contribution >= 0.6 is 0 Å². The Kier molecular flexibility index (Phi) is 5.25. The molecule has 0 aromatic heterocycles. The summed E-state index contributed by atoms with van der Waals surface area (Å²) in [6.07, 6.45) is 3.43.